The molecule has 0 atom stereocenters. The van der Waals surface area contributed by atoms with Crippen LogP contribution in [-0.2, 0) is 4.57 Å². The van der Waals surface area contributed by atoms with E-state index in [1.54, 1.807) is 24.3 Å². The number of rotatable bonds is 4. The Morgan fingerprint density at radius 2 is 1.33 bits per heavy atom. The third-order valence-corrected chi connectivity index (χ3v) is 3.44. The van der Waals surface area contributed by atoms with Crippen molar-refractivity contribution in [2.45, 2.75) is 19.8 Å². The molecule has 0 spiro atoms. The van der Waals surface area contributed by atoms with Crippen LogP contribution >= 0.6 is 7.82 Å². The van der Waals surface area contributed by atoms with Crippen LogP contribution in [-0.4, -0.2) is 39.3 Å². The summed E-state index contributed by atoms with van der Waals surface area (Å²) in [6.07, 6.45) is 0. The number of phosphoric acid groups is 1. The van der Waals surface area contributed by atoms with Gasteiger partial charge in [-0.3, -0.25) is 9.79 Å². The predicted octanol–water partition coefficient (Wildman–Crippen LogP) is 3.30. The van der Waals surface area contributed by atoms with Crippen LogP contribution in [0.3, 0.4) is 0 Å². The number of hydrogen-bond donors (Lipinski definition) is 2. The molecule has 2 N–H and O–H groups in total. The maximum absolute atomic E-state index is 10.7. The van der Waals surface area contributed by atoms with E-state index in [1.807, 2.05) is 12.1 Å². The van der Waals surface area contributed by atoms with Crippen molar-refractivity contribution in [2.24, 2.45) is 0 Å². The van der Waals surface area contributed by atoms with Gasteiger partial charge in [-0.05, 0) is 34.7 Å². The van der Waals surface area contributed by atoms with Crippen LogP contribution in [0, 0.1) is 0 Å². The first-order chi connectivity index (χ1) is 9.35. The Hall–Kier alpha value is -0.610. The molecule has 0 aliphatic rings. The molecule has 0 fully saturated rings. The molecule has 0 amide bonds. The Bertz CT molecular complexity index is 617. The van der Waals surface area contributed by atoms with Crippen LogP contribution in [0.15, 0.2) is 48.5 Å². The number of benzene rings is 2. The Kier molecular flexibility index (Phi) is 6.67. The fourth-order valence-electron chi connectivity index (χ4n) is 1.91. The van der Waals surface area contributed by atoms with Crippen molar-refractivity contribution in [3.05, 3.63) is 54.1 Å². The van der Waals surface area contributed by atoms with E-state index in [4.69, 9.17) is 9.79 Å². The Morgan fingerprint density at radius 1 is 0.905 bits per heavy atom. The number of phosphoric ester groups is 1. The van der Waals surface area contributed by atoms with Crippen LogP contribution in [0.25, 0.3) is 11.1 Å². The first-order valence-electron chi connectivity index (χ1n) is 6.31. The quantitative estimate of drug-likeness (QED) is 0.671. The van der Waals surface area contributed by atoms with E-state index in [0.717, 1.165) is 11.1 Å². The zero-order valence-electron chi connectivity index (χ0n) is 11.4. The summed E-state index contributed by atoms with van der Waals surface area (Å²) < 4.78 is 15.2. The Labute approximate surface area is 146 Å². The van der Waals surface area contributed by atoms with Gasteiger partial charge in [0.2, 0.25) is 0 Å². The second-order valence-electron chi connectivity index (χ2n) is 4.88. The molecule has 4 nitrogen and oxygen atoms in total. The van der Waals surface area contributed by atoms with Gasteiger partial charge in [0, 0.05) is 0 Å². The van der Waals surface area contributed by atoms with Crippen molar-refractivity contribution in [3.63, 3.8) is 0 Å². The summed E-state index contributed by atoms with van der Waals surface area (Å²) in [4.78, 5) is 17.5. The van der Waals surface area contributed by atoms with Crippen molar-refractivity contribution < 1.29 is 18.9 Å². The fraction of sp³-hybridized carbons (Fsp3) is 0.200. The van der Waals surface area contributed by atoms with Gasteiger partial charge in [0.15, 0.2) is 0 Å². The van der Waals surface area contributed by atoms with Gasteiger partial charge in [0.25, 0.3) is 0 Å². The fourth-order valence-corrected chi connectivity index (χ4v) is 2.30. The first kappa shape index (κ1) is 18.4. The van der Waals surface area contributed by atoms with Gasteiger partial charge in [0.1, 0.15) is 5.75 Å². The molecule has 0 aromatic heterocycles. The molecule has 0 aliphatic carbocycles. The van der Waals surface area contributed by atoms with Gasteiger partial charge < -0.3 is 4.52 Å². The average molecular weight is 316 g/mol. The summed E-state index contributed by atoms with van der Waals surface area (Å²) in [6, 6.07) is 14.9. The molecule has 2 aromatic rings. The van der Waals surface area contributed by atoms with Gasteiger partial charge >= 0.3 is 37.4 Å². The van der Waals surface area contributed by atoms with Crippen LogP contribution in [0.4, 0.5) is 0 Å². The van der Waals surface area contributed by atoms with Gasteiger partial charge in [-0.1, -0.05) is 50.2 Å². The van der Waals surface area contributed by atoms with E-state index in [-0.39, 0.29) is 35.3 Å². The van der Waals surface area contributed by atoms with Gasteiger partial charge in [0.05, 0.1) is 0 Å². The van der Waals surface area contributed by atoms with Crippen molar-refractivity contribution in [1.82, 2.24) is 0 Å². The SMILES string of the molecule is CC(C)c1ccc(-c2ccc(OP(=O)(O)O)cc2)cc1.[NaH]. The van der Waals surface area contributed by atoms with Crippen molar-refractivity contribution in [1.29, 1.82) is 0 Å². The Balaban J connectivity index is 0.00000220. The molecule has 0 saturated heterocycles. The van der Waals surface area contributed by atoms with Crippen LogP contribution in [0.5, 0.6) is 5.75 Å². The summed E-state index contributed by atoms with van der Waals surface area (Å²) in [5.41, 5.74) is 3.30. The maximum atomic E-state index is 10.7. The molecule has 0 bridgehead atoms. The number of hydrogen-bond acceptors (Lipinski definition) is 2. The summed E-state index contributed by atoms with van der Waals surface area (Å²) in [6.45, 7) is 4.28. The van der Waals surface area contributed by atoms with Crippen LogP contribution in [0.2, 0.25) is 0 Å². The van der Waals surface area contributed by atoms with Gasteiger partial charge in [-0.25, -0.2) is 4.57 Å². The third kappa shape index (κ3) is 5.59. The first-order valence-corrected chi connectivity index (χ1v) is 7.84. The third-order valence-electron chi connectivity index (χ3n) is 2.99. The monoisotopic (exact) mass is 316 g/mol. The zero-order chi connectivity index (χ0) is 14.8. The minimum absolute atomic E-state index is 0. The summed E-state index contributed by atoms with van der Waals surface area (Å²) in [7, 11) is -4.49. The molecule has 0 heterocycles. The molecular weight excluding hydrogens is 298 g/mol. The molecule has 0 unspecified atom stereocenters. The molecule has 2 rings (SSSR count). The molecule has 2 aromatic carbocycles. The molecular formula is C15H18NaO4P. The zero-order valence-corrected chi connectivity index (χ0v) is 12.2. The standard InChI is InChI=1S/C15H17O4P.Na.H/c1-11(2)12-3-5-13(6-4-12)14-7-9-15(10-8-14)19-20(16,17)18;;/h3-11H,1-2H3,(H2,16,17,18);;. The van der Waals surface area contributed by atoms with E-state index in [1.165, 1.54) is 5.56 Å². The predicted molar refractivity (Wildman–Crippen MR) is 85.8 cm³/mol. The molecule has 21 heavy (non-hydrogen) atoms. The van der Waals surface area contributed by atoms with Crippen molar-refractivity contribution in [2.75, 3.05) is 0 Å². The second kappa shape index (κ2) is 7.59. The average Bonchev–Trinajstić information content (AvgIpc) is 2.38. The molecule has 6 heteroatoms. The van der Waals surface area contributed by atoms with E-state index < -0.39 is 7.82 Å². The summed E-state index contributed by atoms with van der Waals surface area (Å²) in [5.74, 6) is 0.643. The van der Waals surface area contributed by atoms with Crippen LogP contribution in [0.1, 0.15) is 25.3 Å². The Morgan fingerprint density at radius 3 is 1.71 bits per heavy atom. The van der Waals surface area contributed by atoms with E-state index in [9.17, 15) is 4.57 Å². The topological polar surface area (TPSA) is 66.8 Å². The minimum atomic E-state index is -4.49. The van der Waals surface area contributed by atoms with Gasteiger partial charge in [-0.2, -0.15) is 0 Å². The molecule has 0 saturated carbocycles. The van der Waals surface area contributed by atoms with E-state index >= 15 is 0 Å². The summed E-state index contributed by atoms with van der Waals surface area (Å²) in [5, 5.41) is 0. The van der Waals surface area contributed by atoms with Crippen molar-refractivity contribution >= 4 is 37.4 Å². The summed E-state index contributed by atoms with van der Waals surface area (Å²) >= 11 is 0. The molecule has 108 valence electrons. The molecule has 0 aliphatic heterocycles. The van der Waals surface area contributed by atoms with Crippen molar-refractivity contribution in [3.8, 4) is 16.9 Å². The van der Waals surface area contributed by atoms with E-state index in [2.05, 4.69) is 30.5 Å². The second-order valence-corrected chi connectivity index (χ2v) is 6.05. The van der Waals surface area contributed by atoms with Gasteiger partial charge in [-0.15, -0.1) is 0 Å². The van der Waals surface area contributed by atoms with E-state index in [0.29, 0.717) is 5.92 Å². The molecule has 0 radical (unpaired) electrons. The van der Waals surface area contributed by atoms with Crippen LogP contribution < -0.4 is 4.52 Å². The normalized spacial score (nSPS) is 11.1.